The second-order valence-electron chi connectivity index (χ2n) is 6.70. The number of benzene rings is 3. The van der Waals surface area contributed by atoms with Gasteiger partial charge in [0, 0.05) is 23.5 Å². The Balaban J connectivity index is 1.92. The number of hydrogen-bond donors (Lipinski definition) is 0. The fourth-order valence-electron chi connectivity index (χ4n) is 3.91. The molecule has 136 valence electrons. The smallest absolute Gasteiger partial charge is 0.347 e. The van der Waals surface area contributed by atoms with Crippen molar-refractivity contribution in [1.29, 1.82) is 0 Å². The third-order valence-corrected chi connectivity index (χ3v) is 5.63. The fourth-order valence-corrected chi connectivity index (χ4v) is 4.19. The van der Waals surface area contributed by atoms with Crippen LogP contribution in [0.4, 0.5) is 0 Å². The maximum absolute atomic E-state index is 12.7. The van der Waals surface area contributed by atoms with E-state index in [4.69, 9.17) is 16.3 Å². The topological polar surface area (TPSA) is 48.3 Å². The molecule has 0 atom stereocenters. The van der Waals surface area contributed by atoms with Gasteiger partial charge in [0.05, 0.1) is 11.1 Å². The Morgan fingerprint density at radius 1 is 0.786 bits per heavy atom. The number of ether oxygens (including phenoxy) is 1. The first-order valence-corrected chi connectivity index (χ1v) is 9.18. The first kappa shape index (κ1) is 16.8. The summed E-state index contributed by atoms with van der Waals surface area (Å²) in [5.41, 5.74) is 2.52. The Bertz CT molecular complexity index is 1340. The average molecular weight is 388 g/mol. The molecule has 1 aliphatic heterocycles. The van der Waals surface area contributed by atoms with Gasteiger partial charge in [0.15, 0.2) is 0 Å². The highest BCUT2D eigenvalue weighted by molar-refractivity contribution is 6.49. The summed E-state index contributed by atoms with van der Waals surface area (Å²) in [4.78, 5) is 25.5. The van der Waals surface area contributed by atoms with Gasteiger partial charge in [-0.1, -0.05) is 72.3 Å². The molecule has 0 amide bonds. The second-order valence-corrected chi connectivity index (χ2v) is 7.05. The lowest BCUT2D eigenvalue weighted by atomic mass is 9.92. The molecule has 4 aromatic rings. The van der Waals surface area contributed by atoms with Crippen LogP contribution in [-0.2, 0) is 21.4 Å². The first-order valence-electron chi connectivity index (χ1n) is 8.80. The molecule has 0 bridgehead atoms. The number of carbonyl (C=O) groups excluding carboxylic acids is 2. The van der Waals surface area contributed by atoms with Crippen LogP contribution in [0.3, 0.4) is 0 Å². The highest BCUT2D eigenvalue weighted by atomic mass is 35.5. The number of esters is 2. The highest BCUT2D eigenvalue weighted by Crippen LogP contribution is 2.43. The zero-order valence-electron chi connectivity index (χ0n) is 14.9. The minimum absolute atomic E-state index is 0.211. The van der Waals surface area contributed by atoms with Gasteiger partial charge in [-0.15, -0.1) is 0 Å². The summed E-state index contributed by atoms with van der Waals surface area (Å²) < 4.78 is 6.84. The first-order chi connectivity index (χ1) is 13.6. The van der Waals surface area contributed by atoms with Gasteiger partial charge in [-0.3, -0.25) is 0 Å². The summed E-state index contributed by atoms with van der Waals surface area (Å²) >= 11 is 6.61. The van der Waals surface area contributed by atoms with Gasteiger partial charge in [-0.05, 0) is 22.4 Å². The number of para-hydroxylation sites is 1. The minimum atomic E-state index is -0.675. The van der Waals surface area contributed by atoms with Crippen LogP contribution in [0.2, 0.25) is 5.15 Å². The van der Waals surface area contributed by atoms with E-state index in [2.05, 4.69) is 0 Å². The predicted molar refractivity (Wildman–Crippen MR) is 110 cm³/mol. The molecule has 0 fully saturated rings. The Morgan fingerprint density at radius 2 is 1.43 bits per heavy atom. The molecule has 0 saturated carbocycles. The van der Waals surface area contributed by atoms with Gasteiger partial charge in [-0.2, -0.15) is 0 Å². The zero-order chi connectivity index (χ0) is 19.4. The second kappa shape index (κ2) is 6.08. The monoisotopic (exact) mass is 387 g/mol. The van der Waals surface area contributed by atoms with Crippen LogP contribution in [0.5, 0.6) is 0 Å². The van der Waals surface area contributed by atoms with Crippen LogP contribution in [0.25, 0.3) is 32.8 Å². The lowest BCUT2D eigenvalue weighted by molar-refractivity contribution is -0.149. The molecule has 1 aliphatic rings. The third-order valence-electron chi connectivity index (χ3n) is 5.19. The van der Waals surface area contributed by atoms with Gasteiger partial charge in [-0.25, -0.2) is 9.59 Å². The van der Waals surface area contributed by atoms with Crippen molar-refractivity contribution >= 4 is 56.4 Å². The lowest BCUT2D eigenvalue weighted by Crippen LogP contribution is -2.02. The van der Waals surface area contributed by atoms with Gasteiger partial charge in [0.2, 0.25) is 0 Å². The van der Waals surface area contributed by atoms with E-state index >= 15 is 0 Å². The normalized spacial score (nSPS) is 14.4. The molecule has 0 aliphatic carbocycles. The number of rotatable bonds is 2. The summed E-state index contributed by atoms with van der Waals surface area (Å²) in [7, 11) is 1.83. The predicted octanol–water partition coefficient (Wildman–Crippen LogP) is 4.98. The van der Waals surface area contributed by atoms with Gasteiger partial charge in [0.1, 0.15) is 5.15 Å². The van der Waals surface area contributed by atoms with Crippen molar-refractivity contribution < 1.29 is 14.3 Å². The molecular weight excluding hydrogens is 374 g/mol. The van der Waals surface area contributed by atoms with E-state index in [0.717, 1.165) is 21.7 Å². The van der Waals surface area contributed by atoms with Crippen molar-refractivity contribution in [1.82, 2.24) is 4.57 Å². The molecule has 3 aromatic carbocycles. The van der Waals surface area contributed by atoms with E-state index in [0.29, 0.717) is 16.3 Å². The number of aryl methyl sites for hydroxylation is 1. The zero-order valence-corrected chi connectivity index (χ0v) is 15.7. The Labute approximate surface area is 165 Å². The van der Waals surface area contributed by atoms with Crippen LogP contribution in [-0.4, -0.2) is 16.5 Å². The molecule has 28 heavy (non-hydrogen) atoms. The van der Waals surface area contributed by atoms with E-state index < -0.39 is 11.9 Å². The summed E-state index contributed by atoms with van der Waals surface area (Å²) in [6, 6.07) is 21.0. The van der Waals surface area contributed by atoms with Crippen molar-refractivity contribution in [2.24, 2.45) is 7.05 Å². The molecule has 0 radical (unpaired) electrons. The molecule has 5 rings (SSSR count). The summed E-state index contributed by atoms with van der Waals surface area (Å²) in [6.07, 6.45) is 0. The molecule has 0 saturated heterocycles. The lowest BCUT2D eigenvalue weighted by Gasteiger charge is -2.07. The maximum Gasteiger partial charge on any atom is 0.347 e. The van der Waals surface area contributed by atoms with Crippen LogP contribution in [0.1, 0.15) is 11.1 Å². The fraction of sp³-hybridized carbons (Fsp3) is 0.0435. The van der Waals surface area contributed by atoms with Gasteiger partial charge >= 0.3 is 11.9 Å². The van der Waals surface area contributed by atoms with E-state index in [1.165, 1.54) is 0 Å². The SMILES string of the molecule is Cn1c(Cl)c(C2=C(c3cccc4ccccc34)C(=O)OC2=O)c2ccccc21. The number of halogens is 1. The molecule has 0 unspecified atom stereocenters. The van der Waals surface area contributed by atoms with Gasteiger partial charge < -0.3 is 9.30 Å². The number of carbonyl (C=O) groups is 2. The number of aromatic nitrogens is 1. The minimum Gasteiger partial charge on any atom is -0.386 e. The van der Waals surface area contributed by atoms with E-state index in [-0.39, 0.29) is 11.1 Å². The van der Waals surface area contributed by atoms with E-state index in [9.17, 15) is 9.59 Å². The quantitative estimate of drug-likeness (QED) is 0.360. The molecule has 4 nitrogen and oxygen atoms in total. The summed E-state index contributed by atoms with van der Waals surface area (Å²) in [5, 5.41) is 3.04. The largest absolute Gasteiger partial charge is 0.386 e. The van der Waals surface area contributed by atoms with E-state index in [1.807, 2.05) is 73.8 Å². The standard InChI is InChI=1S/C23H14ClNO3/c1-25-17-12-5-4-10-16(17)18(21(25)24)20-19(22(26)28-23(20)27)15-11-6-8-13-7-2-3-9-14(13)15/h2-12H,1H3. The van der Waals surface area contributed by atoms with Crippen LogP contribution in [0, 0.1) is 0 Å². The van der Waals surface area contributed by atoms with Crippen molar-refractivity contribution in [2.45, 2.75) is 0 Å². The van der Waals surface area contributed by atoms with Gasteiger partial charge in [0.25, 0.3) is 0 Å². The average Bonchev–Trinajstić information content (AvgIpc) is 3.14. The molecule has 2 heterocycles. The number of fused-ring (bicyclic) bond motifs is 2. The van der Waals surface area contributed by atoms with Crippen molar-refractivity contribution in [3.8, 4) is 0 Å². The molecule has 1 aromatic heterocycles. The van der Waals surface area contributed by atoms with Crippen LogP contribution in [0.15, 0.2) is 66.7 Å². The molecular formula is C23H14ClNO3. The van der Waals surface area contributed by atoms with Crippen LogP contribution < -0.4 is 0 Å². The summed E-state index contributed by atoms with van der Waals surface area (Å²) in [5.74, 6) is -1.33. The highest BCUT2D eigenvalue weighted by Gasteiger charge is 2.38. The van der Waals surface area contributed by atoms with Crippen molar-refractivity contribution in [3.63, 3.8) is 0 Å². The van der Waals surface area contributed by atoms with Crippen molar-refractivity contribution in [3.05, 3.63) is 83.0 Å². The Morgan fingerprint density at radius 3 is 2.25 bits per heavy atom. The Hall–Kier alpha value is -3.37. The summed E-state index contributed by atoms with van der Waals surface area (Å²) in [6.45, 7) is 0. The molecule has 0 N–H and O–H groups in total. The maximum atomic E-state index is 12.7. The number of cyclic esters (lactones) is 2. The van der Waals surface area contributed by atoms with Crippen molar-refractivity contribution in [2.75, 3.05) is 0 Å². The molecule has 0 spiro atoms. The number of nitrogens with zero attached hydrogens (tertiary/aromatic N) is 1. The Kier molecular flexibility index (Phi) is 3.64. The third kappa shape index (κ3) is 2.25. The number of hydrogen-bond acceptors (Lipinski definition) is 3. The molecule has 5 heteroatoms. The van der Waals surface area contributed by atoms with E-state index in [1.54, 1.807) is 4.57 Å². The van der Waals surface area contributed by atoms with Crippen LogP contribution >= 0.6 is 11.6 Å².